The molecule has 0 saturated carbocycles. The zero-order valence-electron chi connectivity index (χ0n) is 22.6. The lowest BCUT2D eigenvalue weighted by Crippen LogP contribution is -2.36. The maximum absolute atomic E-state index is 13.1. The number of rotatable bonds is 8. The monoisotopic (exact) mass is 545 g/mol. The van der Waals surface area contributed by atoms with Crippen LogP contribution in [0.4, 0.5) is 5.69 Å². The lowest BCUT2D eigenvalue weighted by Gasteiger charge is -2.31. The summed E-state index contributed by atoms with van der Waals surface area (Å²) in [5, 5.41) is 5.53. The third kappa shape index (κ3) is 6.15. The highest BCUT2D eigenvalue weighted by Crippen LogP contribution is 2.41. The van der Waals surface area contributed by atoms with E-state index in [1.54, 1.807) is 27.7 Å². The Kier molecular flexibility index (Phi) is 8.71. The van der Waals surface area contributed by atoms with E-state index in [4.69, 9.17) is 14.5 Å². The van der Waals surface area contributed by atoms with Crippen molar-refractivity contribution in [1.82, 2.24) is 4.98 Å². The molecule has 202 valence electrons. The molecular weight excluding hydrogens is 514 g/mol. The number of ether oxygens (including phenoxy) is 2. The number of amides is 1. The standard InChI is InChI=1S/C30H31N3O5S/c1-6-37-29(35)25-17(3)31-18(4)26(30(36)38-7-2)27(25)21-9-8-10-22(15-21)28-33-24(16-39-28)20-11-13-23(14-12-20)32-19(5)34/h8-16,25,27H,6-7H2,1-5H3,(H,32,34). The first kappa shape index (κ1) is 27.9. The molecular formula is C30H31N3O5S. The minimum absolute atomic E-state index is 0.126. The Labute approximate surface area is 231 Å². The molecule has 0 saturated heterocycles. The molecule has 0 spiro atoms. The van der Waals surface area contributed by atoms with E-state index in [2.05, 4.69) is 10.3 Å². The smallest absolute Gasteiger partial charge is 0.336 e. The third-order valence-electron chi connectivity index (χ3n) is 6.36. The van der Waals surface area contributed by atoms with Gasteiger partial charge in [0.2, 0.25) is 5.91 Å². The van der Waals surface area contributed by atoms with Crippen molar-refractivity contribution in [2.75, 3.05) is 18.5 Å². The van der Waals surface area contributed by atoms with E-state index < -0.39 is 23.8 Å². The molecule has 2 heterocycles. The van der Waals surface area contributed by atoms with Crippen LogP contribution in [-0.2, 0) is 23.9 Å². The second-order valence-corrected chi connectivity index (χ2v) is 9.96. The van der Waals surface area contributed by atoms with Crippen molar-refractivity contribution >= 4 is 40.6 Å². The van der Waals surface area contributed by atoms with Gasteiger partial charge in [-0.15, -0.1) is 11.3 Å². The fourth-order valence-corrected chi connectivity index (χ4v) is 5.57. The summed E-state index contributed by atoms with van der Waals surface area (Å²) < 4.78 is 10.8. The van der Waals surface area contributed by atoms with Crippen LogP contribution in [0.15, 0.2) is 70.2 Å². The fourth-order valence-electron chi connectivity index (χ4n) is 4.74. The molecule has 2 aromatic carbocycles. The highest BCUT2D eigenvalue weighted by atomic mass is 32.1. The summed E-state index contributed by atoms with van der Waals surface area (Å²) in [6.45, 7) is 8.95. The number of hydrogen-bond acceptors (Lipinski definition) is 8. The fraction of sp³-hybridized carbons (Fsp3) is 0.300. The predicted molar refractivity (Wildman–Crippen MR) is 153 cm³/mol. The molecule has 0 aliphatic carbocycles. The van der Waals surface area contributed by atoms with Crippen LogP contribution in [0.5, 0.6) is 0 Å². The summed E-state index contributed by atoms with van der Waals surface area (Å²) in [5.74, 6) is -2.41. The number of carbonyl (C=O) groups is 3. The first-order valence-corrected chi connectivity index (χ1v) is 13.6. The van der Waals surface area contributed by atoms with Gasteiger partial charge in [0.25, 0.3) is 0 Å². The van der Waals surface area contributed by atoms with Crippen LogP contribution in [0.25, 0.3) is 21.8 Å². The predicted octanol–water partition coefficient (Wildman–Crippen LogP) is 6.01. The zero-order valence-corrected chi connectivity index (χ0v) is 23.4. The van der Waals surface area contributed by atoms with Crippen LogP contribution >= 0.6 is 11.3 Å². The molecule has 0 fully saturated rings. The quantitative estimate of drug-likeness (QED) is 0.348. The van der Waals surface area contributed by atoms with Gasteiger partial charge in [-0.1, -0.05) is 30.3 Å². The van der Waals surface area contributed by atoms with Crippen LogP contribution in [-0.4, -0.2) is 41.8 Å². The van der Waals surface area contributed by atoms with E-state index in [-0.39, 0.29) is 19.1 Å². The summed E-state index contributed by atoms with van der Waals surface area (Å²) in [7, 11) is 0. The molecule has 0 bridgehead atoms. The van der Waals surface area contributed by atoms with Crippen molar-refractivity contribution < 1.29 is 23.9 Å². The SMILES string of the molecule is CCOC(=O)C1=C(C)N=C(C)C(C(=O)OCC)C1c1cccc(-c2nc(-c3ccc(NC(C)=O)cc3)cs2)c1. The number of anilines is 1. The Hall–Kier alpha value is -4.11. The van der Waals surface area contributed by atoms with Gasteiger partial charge < -0.3 is 14.8 Å². The number of nitrogens with one attached hydrogen (secondary N) is 1. The summed E-state index contributed by atoms with van der Waals surface area (Å²) >= 11 is 1.50. The molecule has 1 amide bonds. The molecule has 4 rings (SSSR count). The van der Waals surface area contributed by atoms with E-state index in [1.165, 1.54) is 18.3 Å². The van der Waals surface area contributed by atoms with Crippen molar-refractivity contribution in [3.8, 4) is 21.8 Å². The minimum atomic E-state index is -0.753. The van der Waals surface area contributed by atoms with E-state index in [0.717, 1.165) is 33.1 Å². The third-order valence-corrected chi connectivity index (χ3v) is 7.25. The number of nitrogens with zero attached hydrogens (tertiary/aromatic N) is 2. The number of thiazole rings is 1. The van der Waals surface area contributed by atoms with Gasteiger partial charge in [0, 0.05) is 46.4 Å². The Balaban J connectivity index is 1.72. The highest BCUT2D eigenvalue weighted by Gasteiger charge is 2.42. The number of aromatic nitrogens is 1. The van der Waals surface area contributed by atoms with Crippen LogP contribution in [0.1, 0.15) is 46.1 Å². The Morgan fingerprint density at radius 3 is 2.36 bits per heavy atom. The molecule has 1 aliphatic heterocycles. The molecule has 1 aromatic heterocycles. The summed E-state index contributed by atoms with van der Waals surface area (Å²) in [5.41, 5.74) is 5.57. The summed E-state index contributed by atoms with van der Waals surface area (Å²) in [4.78, 5) is 46.9. The normalized spacial score (nSPS) is 16.9. The minimum Gasteiger partial charge on any atom is -0.465 e. The maximum Gasteiger partial charge on any atom is 0.336 e. The zero-order chi connectivity index (χ0) is 28.1. The number of aliphatic imine (C=N–C) groups is 1. The van der Waals surface area contributed by atoms with Crippen molar-refractivity contribution in [1.29, 1.82) is 0 Å². The van der Waals surface area contributed by atoms with Crippen LogP contribution in [0.3, 0.4) is 0 Å². The summed E-state index contributed by atoms with van der Waals surface area (Å²) in [6.07, 6.45) is 0. The maximum atomic E-state index is 13.1. The molecule has 1 N–H and O–H groups in total. The lowest BCUT2D eigenvalue weighted by molar-refractivity contribution is -0.146. The molecule has 3 aromatic rings. The average molecular weight is 546 g/mol. The van der Waals surface area contributed by atoms with Crippen molar-refractivity contribution in [3.63, 3.8) is 0 Å². The van der Waals surface area contributed by atoms with E-state index in [0.29, 0.717) is 17.0 Å². The lowest BCUT2D eigenvalue weighted by atomic mass is 9.75. The van der Waals surface area contributed by atoms with Gasteiger partial charge in [-0.2, -0.15) is 0 Å². The molecule has 0 radical (unpaired) electrons. The second-order valence-electron chi connectivity index (χ2n) is 9.10. The molecule has 1 aliphatic rings. The van der Waals surface area contributed by atoms with Gasteiger partial charge in [-0.25, -0.2) is 9.78 Å². The van der Waals surface area contributed by atoms with Gasteiger partial charge in [0.15, 0.2) is 0 Å². The molecule has 8 nitrogen and oxygen atoms in total. The van der Waals surface area contributed by atoms with E-state index in [9.17, 15) is 14.4 Å². The van der Waals surface area contributed by atoms with Crippen LogP contribution in [0, 0.1) is 5.92 Å². The van der Waals surface area contributed by atoms with Gasteiger partial charge >= 0.3 is 11.9 Å². The van der Waals surface area contributed by atoms with Crippen molar-refractivity contribution in [2.45, 2.75) is 40.5 Å². The first-order valence-electron chi connectivity index (χ1n) is 12.8. The number of benzene rings is 2. The largest absolute Gasteiger partial charge is 0.465 e. The van der Waals surface area contributed by atoms with Gasteiger partial charge in [-0.3, -0.25) is 14.6 Å². The topological polar surface area (TPSA) is 107 Å². The average Bonchev–Trinajstić information content (AvgIpc) is 3.39. The highest BCUT2D eigenvalue weighted by molar-refractivity contribution is 7.13. The molecule has 2 atom stereocenters. The van der Waals surface area contributed by atoms with Crippen LogP contribution < -0.4 is 5.32 Å². The van der Waals surface area contributed by atoms with E-state index >= 15 is 0 Å². The summed E-state index contributed by atoms with van der Waals surface area (Å²) in [6, 6.07) is 15.2. The van der Waals surface area contributed by atoms with Crippen LogP contribution in [0.2, 0.25) is 0 Å². The molecule has 39 heavy (non-hydrogen) atoms. The number of carbonyl (C=O) groups excluding carboxylic acids is 3. The second kappa shape index (κ2) is 12.2. The Bertz CT molecular complexity index is 1460. The van der Waals surface area contributed by atoms with Gasteiger partial charge in [-0.05, 0) is 51.5 Å². The van der Waals surface area contributed by atoms with Crippen molar-refractivity contribution in [2.24, 2.45) is 10.9 Å². The number of allylic oxidation sites excluding steroid dienone is 1. The first-order chi connectivity index (χ1) is 18.7. The Morgan fingerprint density at radius 1 is 0.974 bits per heavy atom. The Morgan fingerprint density at radius 2 is 1.69 bits per heavy atom. The van der Waals surface area contributed by atoms with E-state index in [1.807, 2.05) is 53.9 Å². The molecule has 9 heteroatoms. The van der Waals surface area contributed by atoms with Gasteiger partial charge in [0.1, 0.15) is 10.9 Å². The van der Waals surface area contributed by atoms with Gasteiger partial charge in [0.05, 0.1) is 24.5 Å². The number of hydrogen-bond donors (Lipinski definition) is 1. The van der Waals surface area contributed by atoms with Crippen molar-refractivity contribution in [3.05, 3.63) is 70.7 Å². The number of esters is 2. The molecule has 2 unspecified atom stereocenters.